The van der Waals surface area contributed by atoms with Gasteiger partial charge in [-0.15, -0.1) is 0 Å². The number of halogens is 1. The molecule has 1 aliphatic carbocycles. The molecular formula is C16H20FO4S-. The summed E-state index contributed by atoms with van der Waals surface area (Å²) < 4.78 is 40.5. The lowest BCUT2D eigenvalue weighted by Gasteiger charge is -2.16. The monoisotopic (exact) mass is 327 g/mol. The van der Waals surface area contributed by atoms with E-state index in [4.69, 9.17) is 4.74 Å². The van der Waals surface area contributed by atoms with Gasteiger partial charge in [-0.2, -0.15) is 0 Å². The van der Waals surface area contributed by atoms with Gasteiger partial charge in [0.05, 0.1) is 5.92 Å². The molecule has 1 saturated carbocycles. The molecule has 0 aromatic heterocycles. The highest BCUT2D eigenvalue weighted by atomic mass is 32.2. The molecule has 0 amide bonds. The standard InChI is InChI=1S/C16H21FO4S/c1-11(16(18)21-14-4-2-3-5-14)8-12-6-7-13(10-22(19)20)15(17)9-12/h6-7,9,11,14H,2-5,8,10H2,1H3,(H,19,20)/p-1. The van der Waals surface area contributed by atoms with E-state index in [0.29, 0.717) is 12.0 Å². The number of benzene rings is 1. The van der Waals surface area contributed by atoms with E-state index >= 15 is 0 Å². The highest BCUT2D eigenvalue weighted by Gasteiger charge is 2.23. The third kappa shape index (κ3) is 4.88. The SMILES string of the molecule is CC(Cc1ccc(CS(=O)[O-])c(F)c1)C(=O)OC1CCCC1. The van der Waals surface area contributed by atoms with Crippen molar-refractivity contribution < 1.29 is 22.7 Å². The van der Waals surface area contributed by atoms with Crippen LogP contribution in [0.4, 0.5) is 4.39 Å². The summed E-state index contributed by atoms with van der Waals surface area (Å²) in [6.07, 6.45) is 4.45. The fourth-order valence-electron chi connectivity index (χ4n) is 2.69. The molecule has 0 spiro atoms. The summed E-state index contributed by atoms with van der Waals surface area (Å²) in [6.45, 7) is 1.76. The van der Waals surface area contributed by atoms with Gasteiger partial charge in [0.15, 0.2) is 0 Å². The van der Waals surface area contributed by atoms with Crippen molar-refractivity contribution in [3.63, 3.8) is 0 Å². The smallest absolute Gasteiger partial charge is 0.309 e. The second-order valence-electron chi connectivity index (χ2n) is 5.82. The molecular weight excluding hydrogens is 307 g/mol. The minimum atomic E-state index is -2.32. The highest BCUT2D eigenvalue weighted by Crippen LogP contribution is 2.23. The average Bonchev–Trinajstić information content (AvgIpc) is 2.94. The molecule has 22 heavy (non-hydrogen) atoms. The first-order valence-electron chi connectivity index (χ1n) is 7.49. The minimum absolute atomic E-state index is 0.0288. The van der Waals surface area contributed by atoms with Crippen molar-refractivity contribution in [1.82, 2.24) is 0 Å². The van der Waals surface area contributed by atoms with Crippen LogP contribution in [0.25, 0.3) is 0 Å². The first-order valence-corrected chi connectivity index (χ1v) is 8.73. The molecule has 0 aliphatic heterocycles. The summed E-state index contributed by atoms with van der Waals surface area (Å²) in [6, 6.07) is 4.40. The highest BCUT2D eigenvalue weighted by molar-refractivity contribution is 7.78. The zero-order chi connectivity index (χ0) is 16.1. The molecule has 0 heterocycles. The Bertz CT molecular complexity index is 555. The van der Waals surface area contributed by atoms with E-state index < -0.39 is 16.9 Å². The summed E-state index contributed by atoms with van der Waals surface area (Å²) in [7, 11) is 0. The Hall–Kier alpha value is -1.27. The molecule has 0 bridgehead atoms. The van der Waals surface area contributed by atoms with Gasteiger partial charge in [0.2, 0.25) is 0 Å². The molecule has 1 aromatic carbocycles. The van der Waals surface area contributed by atoms with Crippen LogP contribution < -0.4 is 0 Å². The Morgan fingerprint density at radius 3 is 2.73 bits per heavy atom. The molecule has 122 valence electrons. The van der Waals surface area contributed by atoms with Crippen molar-refractivity contribution in [1.29, 1.82) is 0 Å². The lowest BCUT2D eigenvalue weighted by Crippen LogP contribution is -2.22. The molecule has 2 atom stereocenters. The van der Waals surface area contributed by atoms with Gasteiger partial charge in [0.1, 0.15) is 11.9 Å². The topological polar surface area (TPSA) is 66.4 Å². The van der Waals surface area contributed by atoms with E-state index in [-0.39, 0.29) is 29.3 Å². The van der Waals surface area contributed by atoms with Gasteiger partial charge >= 0.3 is 5.97 Å². The molecule has 1 aliphatic rings. The number of hydrogen-bond acceptors (Lipinski definition) is 4. The van der Waals surface area contributed by atoms with E-state index in [2.05, 4.69) is 0 Å². The van der Waals surface area contributed by atoms with Gasteiger partial charge in [-0.1, -0.05) is 30.1 Å². The normalized spacial score (nSPS) is 18.1. The summed E-state index contributed by atoms with van der Waals surface area (Å²) in [4.78, 5) is 12.0. The van der Waals surface area contributed by atoms with Crippen LogP contribution in [0, 0.1) is 11.7 Å². The van der Waals surface area contributed by atoms with E-state index in [9.17, 15) is 17.9 Å². The van der Waals surface area contributed by atoms with Gasteiger partial charge in [0, 0.05) is 5.75 Å². The van der Waals surface area contributed by atoms with Crippen LogP contribution in [0.3, 0.4) is 0 Å². The second-order valence-corrected chi connectivity index (χ2v) is 6.72. The Morgan fingerprint density at radius 2 is 2.14 bits per heavy atom. The number of carbonyl (C=O) groups is 1. The van der Waals surface area contributed by atoms with Gasteiger partial charge in [-0.3, -0.25) is 9.00 Å². The van der Waals surface area contributed by atoms with Gasteiger partial charge in [-0.05, 0) is 49.3 Å². The molecule has 0 N–H and O–H groups in total. The average molecular weight is 327 g/mol. The van der Waals surface area contributed by atoms with E-state index in [1.54, 1.807) is 13.0 Å². The predicted molar refractivity (Wildman–Crippen MR) is 80.2 cm³/mol. The molecule has 0 saturated heterocycles. The molecule has 4 nitrogen and oxygen atoms in total. The molecule has 1 aromatic rings. The predicted octanol–water partition coefficient (Wildman–Crippen LogP) is 2.87. The van der Waals surface area contributed by atoms with E-state index in [0.717, 1.165) is 25.7 Å². The molecule has 1 fully saturated rings. The number of hydrogen-bond donors (Lipinski definition) is 0. The first-order chi connectivity index (χ1) is 10.5. The largest absolute Gasteiger partial charge is 0.772 e. The zero-order valence-electron chi connectivity index (χ0n) is 12.5. The summed E-state index contributed by atoms with van der Waals surface area (Å²) in [5.41, 5.74) is 0.798. The molecule has 2 unspecified atom stereocenters. The van der Waals surface area contributed by atoms with Gasteiger partial charge < -0.3 is 9.29 Å². The Morgan fingerprint density at radius 1 is 1.45 bits per heavy atom. The number of carbonyl (C=O) groups excluding carboxylic acids is 1. The van der Waals surface area contributed by atoms with Crippen LogP contribution in [0.2, 0.25) is 0 Å². The third-order valence-corrected chi connectivity index (χ3v) is 4.47. The third-order valence-electron chi connectivity index (χ3n) is 3.92. The van der Waals surface area contributed by atoms with Gasteiger partial charge in [0.25, 0.3) is 0 Å². The Kier molecular flexibility index (Phi) is 6.08. The minimum Gasteiger partial charge on any atom is -0.772 e. The van der Waals surface area contributed by atoms with E-state index in [1.807, 2.05) is 0 Å². The fraction of sp³-hybridized carbons (Fsp3) is 0.562. The van der Waals surface area contributed by atoms with Crippen LogP contribution in [-0.2, 0) is 32.8 Å². The van der Waals surface area contributed by atoms with Gasteiger partial charge in [-0.25, -0.2) is 4.39 Å². The van der Waals surface area contributed by atoms with Crippen molar-refractivity contribution in [3.05, 3.63) is 35.1 Å². The summed E-state index contributed by atoms with van der Waals surface area (Å²) in [5, 5.41) is 0. The van der Waals surface area contributed by atoms with Crippen molar-refractivity contribution in [2.24, 2.45) is 5.92 Å². The van der Waals surface area contributed by atoms with Crippen LogP contribution in [-0.4, -0.2) is 20.8 Å². The summed E-state index contributed by atoms with van der Waals surface area (Å²) >= 11 is -2.32. The number of esters is 1. The number of ether oxygens (including phenoxy) is 1. The maximum absolute atomic E-state index is 13.8. The van der Waals surface area contributed by atoms with Crippen molar-refractivity contribution in [2.45, 2.75) is 50.9 Å². The van der Waals surface area contributed by atoms with Crippen LogP contribution >= 0.6 is 0 Å². The van der Waals surface area contributed by atoms with E-state index in [1.165, 1.54) is 12.1 Å². The number of rotatable bonds is 6. The molecule has 2 rings (SSSR count). The Balaban J connectivity index is 1.92. The summed E-state index contributed by atoms with van der Waals surface area (Å²) in [5.74, 6) is -1.50. The lowest BCUT2D eigenvalue weighted by atomic mass is 10.00. The van der Waals surface area contributed by atoms with Crippen molar-refractivity contribution in [3.8, 4) is 0 Å². The maximum atomic E-state index is 13.8. The molecule has 0 radical (unpaired) electrons. The van der Waals surface area contributed by atoms with Crippen LogP contribution in [0.15, 0.2) is 18.2 Å². The van der Waals surface area contributed by atoms with Crippen LogP contribution in [0.5, 0.6) is 0 Å². The maximum Gasteiger partial charge on any atom is 0.309 e. The van der Waals surface area contributed by atoms with Crippen molar-refractivity contribution >= 4 is 17.0 Å². The zero-order valence-corrected chi connectivity index (χ0v) is 13.4. The fourth-order valence-corrected chi connectivity index (χ4v) is 3.17. The Labute approximate surface area is 132 Å². The lowest BCUT2D eigenvalue weighted by molar-refractivity contribution is -0.153. The quantitative estimate of drug-likeness (QED) is 0.595. The molecule has 6 heteroatoms. The first kappa shape index (κ1) is 17.1. The van der Waals surface area contributed by atoms with Crippen LogP contribution in [0.1, 0.15) is 43.7 Å². The second kappa shape index (κ2) is 7.83. The van der Waals surface area contributed by atoms with Crippen molar-refractivity contribution in [2.75, 3.05) is 0 Å².